The lowest BCUT2D eigenvalue weighted by Gasteiger charge is -2.28. The average molecular weight is 832 g/mol. The van der Waals surface area contributed by atoms with Crippen LogP contribution in [0.15, 0.2) is 224 Å². The molecule has 0 atom stereocenters. The van der Waals surface area contributed by atoms with Gasteiger partial charge in [0.2, 0.25) is 0 Å². The Morgan fingerprint density at radius 1 is 0.262 bits per heavy atom. The first-order chi connectivity index (χ1) is 31.7. The lowest BCUT2D eigenvalue weighted by molar-refractivity contribution is 0.660. The molecule has 65 heavy (non-hydrogen) atoms. The van der Waals surface area contributed by atoms with Gasteiger partial charge in [-0.25, -0.2) is 0 Å². The molecule has 0 saturated heterocycles. The van der Waals surface area contributed by atoms with Crippen LogP contribution in [0, 0.1) is 0 Å². The van der Waals surface area contributed by atoms with E-state index in [1.54, 1.807) is 0 Å². The van der Waals surface area contributed by atoms with E-state index in [4.69, 9.17) is 0 Å². The number of hydrogen-bond acceptors (Lipinski definition) is 1. The summed E-state index contributed by atoms with van der Waals surface area (Å²) in [4.78, 5) is 2.43. The summed E-state index contributed by atoms with van der Waals surface area (Å²) in [5.41, 5.74) is 23.8. The molecule has 0 fully saturated rings. The predicted molar refractivity (Wildman–Crippen MR) is 276 cm³/mol. The number of benzene rings is 10. The molecule has 0 saturated carbocycles. The van der Waals surface area contributed by atoms with Crippen molar-refractivity contribution in [3.8, 4) is 66.8 Å². The highest BCUT2D eigenvalue weighted by molar-refractivity contribution is 5.97. The molecule has 0 heterocycles. The van der Waals surface area contributed by atoms with Gasteiger partial charge in [0.15, 0.2) is 0 Å². The Bertz CT molecular complexity index is 3440. The maximum atomic E-state index is 2.44. The van der Waals surface area contributed by atoms with Crippen LogP contribution in [0.2, 0.25) is 0 Å². The van der Waals surface area contributed by atoms with Gasteiger partial charge >= 0.3 is 0 Å². The van der Waals surface area contributed by atoms with E-state index in [2.05, 4.69) is 257 Å². The van der Waals surface area contributed by atoms with E-state index in [9.17, 15) is 0 Å². The summed E-state index contributed by atoms with van der Waals surface area (Å²) in [5.74, 6) is 0. The third-order valence-corrected chi connectivity index (χ3v) is 14.5. The Labute approximate surface area is 383 Å². The van der Waals surface area contributed by atoms with E-state index in [0.717, 1.165) is 17.1 Å². The Balaban J connectivity index is 0.919. The van der Waals surface area contributed by atoms with Gasteiger partial charge in [-0.3, -0.25) is 0 Å². The molecule has 0 aromatic heterocycles. The van der Waals surface area contributed by atoms with Gasteiger partial charge in [0, 0.05) is 27.9 Å². The van der Waals surface area contributed by atoms with Crippen LogP contribution in [-0.2, 0) is 10.8 Å². The van der Waals surface area contributed by atoms with Crippen LogP contribution in [0.3, 0.4) is 0 Å². The zero-order chi connectivity index (χ0) is 43.9. The predicted octanol–water partition coefficient (Wildman–Crippen LogP) is 17.6. The molecular formula is C64H49N. The van der Waals surface area contributed by atoms with Crippen LogP contribution in [0.1, 0.15) is 49.9 Å². The molecule has 1 heteroatoms. The smallest absolute Gasteiger partial charge is 0.0465 e. The molecule has 10 aromatic carbocycles. The fourth-order valence-corrected chi connectivity index (χ4v) is 10.9. The number of fused-ring (bicyclic) bond motifs is 7. The van der Waals surface area contributed by atoms with E-state index in [1.807, 2.05) is 0 Å². The van der Waals surface area contributed by atoms with Crippen LogP contribution in [0.25, 0.3) is 77.5 Å². The van der Waals surface area contributed by atoms with Gasteiger partial charge in [-0.15, -0.1) is 0 Å². The van der Waals surface area contributed by atoms with Gasteiger partial charge in [0.25, 0.3) is 0 Å². The van der Waals surface area contributed by atoms with Crippen molar-refractivity contribution in [1.82, 2.24) is 0 Å². The Hall–Kier alpha value is -7.74. The standard InChI is InChI=1S/C64H49N/c1-63(2)59-20-11-10-18-55(59)56-36-29-49(39-60(56)63)45-25-31-50(32-26-45)65(51-33-27-47(28-34-51)54-19-12-16-46-15-8-9-17-53(46)54)52-35-38-58-57-37-30-48(40-61(57)64(3,4)62(58)41-52)44-23-21-43(22-24-44)42-13-6-5-7-14-42/h5-41H,1-4H3. The SMILES string of the molecule is CC1(C)c2ccccc2-c2ccc(-c3ccc(N(c4ccc(-c5cccc6ccccc56)cc4)c4ccc5c(c4)C(C)(C)c4cc(-c6ccc(-c7ccccc7)cc6)ccc4-5)cc3)cc21. The number of anilines is 3. The second-order valence-electron chi connectivity index (χ2n) is 18.9. The van der Waals surface area contributed by atoms with Gasteiger partial charge in [0.05, 0.1) is 0 Å². The van der Waals surface area contributed by atoms with Crippen molar-refractivity contribution >= 4 is 27.8 Å². The van der Waals surface area contributed by atoms with Crippen LogP contribution in [0.4, 0.5) is 17.1 Å². The molecule has 0 N–H and O–H groups in total. The first-order valence-corrected chi connectivity index (χ1v) is 22.9. The van der Waals surface area contributed by atoms with Gasteiger partial charge in [0.1, 0.15) is 0 Å². The van der Waals surface area contributed by atoms with Crippen molar-refractivity contribution in [2.45, 2.75) is 38.5 Å². The summed E-state index contributed by atoms with van der Waals surface area (Å²) in [6.45, 7) is 9.48. The Kier molecular flexibility index (Phi) is 8.94. The fourth-order valence-electron chi connectivity index (χ4n) is 10.9. The second-order valence-corrected chi connectivity index (χ2v) is 18.9. The molecule has 12 rings (SSSR count). The maximum Gasteiger partial charge on any atom is 0.0465 e. The summed E-state index contributed by atoms with van der Waals surface area (Å²) in [6, 6.07) is 83.3. The van der Waals surface area contributed by atoms with E-state index in [0.29, 0.717) is 0 Å². The summed E-state index contributed by atoms with van der Waals surface area (Å²) < 4.78 is 0. The summed E-state index contributed by atoms with van der Waals surface area (Å²) in [6.07, 6.45) is 0. The van der Waals surface area contributed by atoms with E-state index >= 15 is 0 Å². The van der Waals surface area contributed by atoms with Crippen molar-refractivity contribution in [1.29, 1.82) is 0 Å². The minimum Gasteiger partial charge on any atom is -0.310 e. The monoisotopic (exact) mass is 831 g/mol. The number of nitrogens with zero attached hydrogens (tertiary/aromatic N) is 1. The van der Waals surface area contributed by atoms with E-state index in [-0.39, 0.29) is 10.8 Å². The van der Waals surface area contributed by atoms with Gasteiger partial charge < -0.3 is 4.90 Å². The zero-order valence-electron chi connectivity index (χ0n) is 37.3. The maximum absolute atomic E-state index is 2.44. The quantitative estimate of drug-likeness (QED) is 0.155. The van der Waals surface area contributed by atoms with Crippen molar-refractivity contribution in [2.24, 2.45) is 0 Å². The molecule has 2 aliphatic carbocycles. The average Bonchev–Trinajstić information content (AvgIpc) is 3.73. The third-order valence-electron chi connectivity index (χ3n) is 14.5. The topological polar surface area (TPSA) is 3.24 Å². The van der Waals surface area contributed by atoms with Crippen molar-refractivity contribution in [3.63, 3.8) is 0 Å². The van der Waals surface area contributed by atoms with Crippen molar-refractivity contribution < 1.29 is 0 Å². The van der Waals surface area contributed by atoms with Gasteiger partial charge in [-0.05, 0) is 148 Å². The largest absolute Gasteiger partial charge is 0.310 e. The molecule has 310 valence electrons. The van der Waals surface area contributed by atoms with E-state index in [1.165, 1.54) is 99.8 Å². The first kappa shape index (κ1) is 38.9. The second kappa shape index (κ2) is 14.9. The van der Waals surface area contributed by atoms with Crippen molar-refractivity contribution in [3.05, 3.63) is 247 Å². The molecule has 0 radical (unpaired) electrons. The van der Waals surface area contributed by atoms with Crippen LogP contribution in [0.5, 0.6) is 0 Å². The zero-order valence-corrected chi connectivity index (χ0v) is 37.3. The molecule has 0 amide bonds. The molecule has 0 bridgehead atoms. The summed E-state index contributed by atoms with van der Waals surface area (Å²) in [7, 11) is 0. The summed E-state index contributed by atoms with van der Waals surface area (Å²) >= 11 is 0. The minimum atomic E-state index is -0.199. The fraction of sp³-hybridized carbons (Fsp3) is 0.0938. The highest BCUT2D eigenvalue weighted by Crippen LogP contribution is 2.53. The molecule has 1 nitrogen and oxygen atoms in total. The third kappa shape index (κ3) is 6.37. The molecule has 10 aromatic rings. The molecule has 0 spiro atoms. The summed E-state index contributed by atoms with van der Waals surface area (Å²) in [5, 5.41) is 2.52. The first-order valence-electron chi connectivity index (χ1n) is 22.9. The molecule has 0 aliphatic heterocycles. The Morgan fingerprint density at radius 2 is 0.662 bits per heavy atom. The van der Waals surface area contributed by atoms with Crippen molar-refractivity contribution in [2.75, 3.05) is 4.90 Å². The van der Waals surface area contributed by atoms with Crippen LogP contribution >= 0.6 is 0 Å². The van der Waals surface area contributed by atoms with E-state index < -0.39 is 0 Å². The number of rotatable bonds is 7. The van der Waals surface area contributed by atoms with Gasteiger partial charge in [-0.2, -0.15) is 0 Å². The van der Waals surface area contributed by atoms with Crippen LogP contribution < -0.4 is 4.90 Å². The lowest BCUT2D eigenvalue weighted by Crippen LogP contribution is -2.16. The molecular weight excluding hydrogens is 783 g/mol. The Morgan fingerprint density at radius 3 is 1.31 bits per heavy atom. The molecule has 2 aliphatic rings. The van der Waals surface area contributed by atoms with Gasteiger partial charge in [-0.1, -0.05) is 204 Å². The molecule has 0 unspecified atom stereocenters. The number of hydrogen-bond donors (Lipinski definition) is 0. The van der Waals surface area contributed by atoms with Crippen LogP contribution in [-0.4, -0.2) is 0 Å². The normalized spacial score (nSPS) is 13.8. The highest BCUT2D eigenvalue weighted by Gasteiger charge is 2.37. The highest BCUT2D eigenvalue weighted by atomic mass is 15.1. The minimum absolute atomic E-state index is 0.0480. The lowest BCUT2D eigenvalue weighted by atomic mass is 9.81.